The van der Waals surface area contributed by atoms with Crippen molar-refractivity contribution in [2.24, 2.45) is 11.3 Å². The van der Waals surface area contributed by atoms with Gasteiger partial charge in [-0.2, -0.15) is 0 Å². The van der Waals surface area contributed by atoms with Gasteiger partial charge in [-0.05, 0) is 67.6 Å². The van der Waals surface area contributed by atoms with Crippen molar-refractivity contribution in [2.75, 3.05) is 6.54 Å². The largest absolute Gasteiger partial charge is 0.488 e. The fourth-order valence-corrected chi connectivity index (χ4v) is 7.11. The Kier molecular flexibility index (Phi) is 9.89. The molecule has 1 saturated heterocycles. The third-order valence-electron chi connectivity index (χ3n) is 9.65. The number of allylic oxidation sites excluding steroid dienone is 2. The average Bonchev–Trinajstić information content (AvgIpc) is 3.69. The fraction of sp³-hybridized carbons (Fsp3) is 0.474. The van der Waals surface area contributed by atoms with Crippen LogP contribution in [0.2, 0.25) is 0 Å². The van der Waals surface area contributed by atoms with E-state index in [0.717, 1.165) is 48.6 Å². The van der Waals surface area contributed by atoms with E-state index in [4.69, 9.17) is 19.2 Å². The van der Waals surface area contributed by atoms with Gasteiger partial charge >= 0.3 is 12.1 Å². The molecule has 2 N–H and O–H groups in total. The van der Waals surface area contributed by atoms with Crippen LogP contribution in [0.3, 0.4) is 0 Å². The van der Waals surface area contributed by atoms with Crippen LogP contribution in [0, 0.1) is 11.3 Å². The number of pyridine rings is 1. The molecule has 48 heavy (non-hydrogen) atoms. The van der Waals surface area contributed by atoms with Gasteiger partial charge in [0.1, 0.15) is 36.6 Å². The normalized spacial score (nSPS) is 25.2. The molecule has 2 aromatic carbocycles. The first-order chi connectivity index (χ1) is 23.1. The van der Waals surface area contributed by atoms with Crippen molar-refractivity contribution >= 4 is 28.9 Å². The van der Waals surface area contributed by atoms with E-state index in [2.05, 4.69) is 17.5 Å². The van der Waals surface area contributed by atoms with Crippen molar-refractivity contribution in [3.8, 4) is 11.6 Å². The van der Waals surface area contributed by atoms with E-state index in [1.807, 2.05) is 75.4 Å². The van der Waals surface area contributed by atoms with E-state index in [9.17, 15) is 19.5 Å². The number of hydrogen-bond donors (Lipinski definition) is 2. The summed E-state index contributed by atoms with van der Waals surface area (Å²) >= 11 is 0. The van der Waals surface area contributed by atoms with Crippen LogP contribution in [0.25, 0.3) is 10.9 Å². The van der Waals surface area contributed by atoms with Crippen LogP contribution in [0.15, 0.2) is 66.7 Å². The highest BCUT2D eigenvalue weighted by atomic mass is 16.6. The lowest BCUT2D eigenvalue weighted by Crippen LogP contribution is -2.57. The Hall–Kier alpha value is -4.60. The summed E-state index contributed by atoms with van der Waals surface area (Å²) in [4.78, 5) is 46.1. The first-order valence-corrected chi connectivity index (χ1v) is 17.0. The van der Waals surface area contributed by atoms with Gasteiger partial charge in [0.15, 0.2) is 0 Å². The molecular weight excluding hydrogens is 610 g/mol. The summed E-state index contributed by atoms with van der Waals surface area (Å²) in [6, 6.07) is 15.5. The number of nitrogens with zero attached hydrogens (tertiary/aromatic N) is 2. The number of carboxylic acids is 1. The average molecular weight is 656 g/mol. The Morgan fingerprint density at radius 2 is 1.79 bits per heavy atom. The summed E-state index contributed by atoms with van der Waals surface area (Å²) in [6.45, 7) is 5.90. The number of carboxylic acid groups (broad SMARTS) is 1. The molecule has 10 heteroatoms. The van der Waals surface area contributed by atoms with Gasteiger partial charge in [0.05, 0.1) is 17.6 Å². The number of nitrogens with one attached hydrogen (secondary N) is 1. The molecule has 2 fully saturated rings. The molecule has 3 aliphatic rings. The number of hydrogen-bond acceptors (Lipinski definition) is 7. The Labute approximate surface area is 281 Å². The number of aromatic nitrogens is 1. The molecule has 1 saturated carbocycles. The summed E-state index contributed by atoms with van der Waals surface area (Å²) in [5, 5.41) is 13.9. The number of benzene rings is 2. The second-order valence-electron chi connectivity index (χ2n) is 14.2. The van der Waals surface area contributed by atoms with Gasteiger partial charge in [-0.1, -0.05) is 75.4 Å². The molecule has 254 valence electrons. The molecule has 3 heterocycles. The molecule has 0 unspecified atom stereocenters. The molecule has 2 bridgehead atoms. The lowest BCUT2D eigenvalue weighted by Gasteiger charge is -2.35. The molecule has 0 spiro atoms. The second kappa shape index (κ2) is 14.3. The highest BCUT2D eigenvalue weighted by molar-refractivity contribution is 5.91. The van der Waals surface area contributed by atoms with Gasteiger partial charge in [0.25, 0.3) is 0 Å². The summed E-state index contributed by atoms with van der Waals surface area (Å²) in [6.07, 6.45) is 7.62. The number of rotatable bonds is 4. The highest BCUT2D eigenvalue weighted by Crippen LogP contribution is 2.38. The van der Waals surface area contributed by atoms with Gasteiger partial charge in [0.2, 0.25) is 11.8 Å². The Morgan fingerprint density at radius 3 is 2.56 bits per heavy atom. The molecule has 3 aromatic rings. The number of carbonyl (C=O) groups is 3. The van der Waals surface area contributed by atoms with Gasteiger partial charge in [-0.25, -0.2) is 14.6 Å². The van der Waals surface area contributed by atoms with Crippen molar-refractivity contribution in [3.63, 3.8) is 0 Å². The van der Waals surface area contributed by atoms with E-state index in [1.54, 1.807) is 0 Å². The minimum absolute atomic E-state index is 0.0216. The van der Waals surface area contributed by atoms with Gasteiger partial charge in [-0.15, -0.1) is 0 Å². The van der Waals surface area contributed by atoms with Crippen LogP contribution in [0.5, 0.6) is 11.6 Å². The van der Waals surface area contributed by atoms with Gasteiger partial charge < -0.3 is 29.5 Å². The van der Waals surface area contributed by atoms with Gasteiger partial charge in [0, 0.05) is 11.8 Å². The zero-order valence-corrected chi connectivity index (χ0v) is 27.9. The van der Waals surface area contributed by atoms with Crippen molar-refractivity contribution in [1.29, 1.82) is 0 Å². The molecule has 2 aliphatic heterocycles. The van der Waals surface area contributed by atoms with Crippen molar-refractivity contribution in [2.45, 2.75) is 96.6 Å². The van der Waals surface area contributed by atoms with E-state index < -0.39 is 41.6 Å². The van der Waals surface area contributed by atoms with Crippen LogP contribution in [0.4, 0.5) is 4.79 Å². The fourth-order valence-electron chi connectivity index (χ4n) is 7.11. The van der Waals surface area contributed by atoms with E-state index >= 15 is 0 Å². The van der Waals surface area contributed by atoms with E-state index in [0.29, 0.717) is 30.2 Å². The Morgan fingerprint density at radius 1 is 1.02 bits per heavy atom. The van der Waals surface area contributed by atoms with Crippen LogP contribution in [-0.2, 0) is 27.4 Å². The van der Waals surface area contributed by atoms with E-state index in [-0.39, 0.29) is 25.0 Å². The Bertz CT molecular complexity index is 1670. The lowest BCUT2D eigenvalue weighted by molar-refractivity contribution is -0.150. The van der Waals surface area contributed by atoms with Crippen LogP contribution < -0.4 is 14.8 Å². The predicted octanol–water partition coefficient (Wildman–Crippen LogP) is 6.45. The number of aliphatic carboxylic acids is 1. The zero-order chi connectivity index (χ0) is 33.8. The minimum Gasteiger partial charge on any atom is -0.488 e. The lowest BCUT2D eigenvalue weighted by atomic mass is 9.85. The maximum absolute atomic E-state index is 14.1. The van der Waals surface area contributed by atoms with Crippen LogP contribution >= 0.6 is 0 Å². The topological polar surface area (TPSA) is 127 Å². The van der Waals surface area contributed by atoms with Crippen molar-refractivity contribution in [1.82, 2.24) is 15.2 Å². The zero-order valence-electron chi connectivity index (χ0n) is 27.9. The first kappa shape index (κ1) is 33.3. The summed E-state index contributed by atoms with van der Waals surface area (Å²) in [5.74, 6) is -0.380. The molecule has 10 nitrogen and oxygen atoms in total. The van der Waals surface area contributed by atoms with Crippen LogP contribution in [0.1, 0.15) is 70.4 Å². The number of fused-ring (bicyclic) bond motifs is 5. The number of ether oxygens (including phenoxy) is 3. The summed E-state index contributed by atoms with van der Waals surface area (Å²) < 4.78 is 19.0. The summed E-state index contributed by atoms with van der Waals surface area (Å²) in [5.41, 5.74) is 1.76. The van der Waals surface area contributed by atoms with Crippen molar-refractivity contribution < 1.29 is 33.7 Å². The molecule has 6 rings (SSSR count). The molecule has 5 atom stereocenters. The molecule has 1 aromatic heterocycles. The highest BCUT2D eigenvalue weighted by Gasteiger charge is 2.46. The summed E-state index contributed by atoms with van der Waals surface area (Å²) in [7, 11) is 0. The predicted molar refractivity (Wildman–Crippen MR) is 181 cm³/mol. The first-order valence-electron chi connectivity index (χ1n) is 17.0. The molecule has 1 aliphatic carbocycles. The minimum atomic E-state index is -1.14. The Balaban J connectivity index is 1.40. The smallest absolute Gasteiger partial charge is 0.408 e. The van der Waals surface area contributed by atoms with Crippen LogP contribution in [-0.4, -0.2) is 63.8 Å². The number of carbonyl (C=O) groups excluding carboxylic acids is 2. The molecule has 0 radical (unpaired) electrons. The van der Waals surface area contributed by atoms with E-state index in [1.165, 1.54) is 4.90 Å². The quantitative estimate of drug-likeness (QED) is 0.307. The standard InChI is InChI=1S/C38H45N3O7/c1-38(2,3)33-35(42)41-22-26(21-30(41)36(43)44)47-34-28(18-9-5-8-15-25-16-12-20-31(25)48-37(45)40-33)32(27-17-10-11-19-29(27)39-34)46-23-24-13-6-4-7-14-24/h4-7,9-11,13-14,17,19,25-26,30-31,33H,8,12,15-16,18,20-23H2,1-3H3,(H,40,45)(H,43,44)/t25-,26-,30+,31-,33-/m1/s1. The maximum atomic E-state index is 14.1. The molecular formula is C38H45N3O7. The van der Waals surface area contributed by atoms with Crippen molar-refractivity contribution in [3.05, 3.63) is 77.9 Å². The number of alkyl carbamates (subject to hydrolysis) is 1. The maximum Gasteiger partial charge on any atom is 0.408 e. The third-order valence-corrected chi connectivity index (χ3v) is 9.65. The molecule has 2 amide bonds. The SMILES string of the molecule is CC(C)(C)[C@@H]1NC(=O)O[C@@H]2CCC[C@H]2CCC=CCc2c(nc3ccccc3c2OCc2ccccc2)O[C@@H]2C[C@@H](C(=O)O)N(C2)C1=O. The number of amides is 2. The van der Waals surface area contributed by atoms with Gasteiger partial charge in [-0.3, -0.25) is 4.79 Å². The monoisotopic (exact) mass is 655 g/mol. The second-order valence-corrected chi connectivity index (χ2v) is 14.2. The number of para-hydroxylation sites is 1. The third kappa shape index (κ3) is 7.42.